The summed E-state index contributed by atoms with van der Waals surface area (Å²) in [6.07, 6.45) is 6.22. The zero-order valence-electron chi connectivity index (χ0n) is 10.3. The highest BCUT2D eigenvalue weighted by molar-refractivity contribution is 9.10. The largest absolute Gasteiger partial charge is 0.347 e. The molecule has 1 amide bonds. The molecule has 1 atom stereocenters. The molecule has 1 aromatic heterocycles. The minimum absolute atomic E-state index is 0.00195. The van der Waals surface area contributed by atoms with Crippen LogP contribution in [0.15, 0.2) is 15.9 Å². The highest BCUT2D eigenvalue weighted by atomic mass is 79.9. The predicted octanol–water partition coefficient (Wildman–Crippen LogP) is 3.15. The molecule has 3 N–H and O–H groups in total. The van der Waals surface area contributed by atoms with Crippen LogP contribution in [-0.4, -0.2) is 18.5 Å². The van der Waals surface area contributed by atoms with Crippen LogP contribution in [0.3, 0.4) is 0 Å². The predicted molar refractivity (Wildman–Crippen MR) is 78.9 cm³/mol. The van der Waals surface area contributed by atoms with Crippen molar-refractivity contribution in [3.63, 3.8) is 0 Å². The first kappa shape index (κ1) is 14.0. The van der Waals surface area contributed by atoms with Gasteiger partial charge in [-0.1, -0.05) is 19.3 Å². The van der Waals surface area contributed by atoms with Gasteiger partial charge in [0.25, 0.3) is 5.91 Å². The molecule has 0 aromatic carbocycles. The van der Waals surface area contributed by atoms with Crippen LogP contribution >= 0.6 is 27.3 Å². The number of nitrogens with one attached hydrogen (secondary N) is 1. The van der Waals surface area contributed by atoms with Gasteiger partial charge in [0.15, 0.2) is 0 Å². The molecule has 1 saturated carbocycles. The van der Waals surface area contributed by atoms with Crippen molar-refractivity contribution < 1.29 is 4.79 Å². The van der Waals surface area contributed by atoms with Crippen LogP contribution in [0.2, 0.25) is 0 Å². The highest BCUT2D eigenvalue weighted by Gasteiger charge is 2.25. The second kappa shape index (κ2) is 6.68. The van der Waals surface area contributed by atoms with Gasteiger partial charge in [-0.3, -0.25) is 4.79 Å². The van der Waals surface area contributed by atoms with Crippen LogP contribution in [0.25, 0.3) is 0 Å². The fourth-order valence-corrected chi connectivity index (χ4v) is 4.05. The lowest BCUT2D eigenvalue weighted by Crippen LogP contribution is -2.45. The van der Waals surface area contributed by atoms with E-state index >= 15 is 0 Å². The average molecular weight is 331 g/mol. The maximum absolute atomic E-state index is 12.2. The summed E-state index contributed by atoms with van der Waals surface area (Å²) in [5.74, 6) is 0.546. The Bertz CT molecular complexity index is 401. The molecular formula is C13H19BrN2OS. The van der Waals surface area contributed by atoms with E-state index in [4.69, 9.17) is 5.73 Å². The summed E-state index contributed by atoms with van der Waals surface area (Å²) < 4.78 is 0.865. The molecule has 3 nitrogen and oxygen atoms in total. The van der Waals surface area contributed by atoms with Gasteiger partial charge >= 0.3 is 0 Å². The molecule has 0 saturated heterocycles. The number of carbonyl (C=O) groups excluding carboxylic acids is 1. The molecule has 1 unspecified atom stereocenters. The maximum atomic E-state index is 12.2. The summed E-state index contributed by atoms with van der Waals surface area (Å²) in [5.41, 5.74) is 5.82. The third kappa shape index (κ3) is 3.33. The zero-order chi connectivity index (χ0) is 13.0. The Morgan fingerprint density at radius 2 is 2.22 bits per heavy atom. The van der Waals surface area contributed by atoms with Gasteiger partial charge in [-0.15, -0.1) is 11.3 Å². The standard InChI is InChI=1S/C13H19BrN2OS/c14-10-6-7-18-12(10)13(17)16-11(8-15)9-4-2-1-3-5-9/h6-7,9,11H,1-5,8,15H2,(H,16,17). The van der Waals surface area contributed by atoms with Crippen LogP contribution < -0.4 is 11.1 Å². The van der Waals surface area contributed by atoms with E-state index in [1.807, 2.05) is 11.4 Å². The fraction of sp³-hybridized carbons (Fsp3) is 0.615. The molecule has 0 spiro atoms. The summed E-state index contributed by atoms with van der Waals surface area (Å²) in [4.78, 5) is 12.9. The Balaban J connectivity index is 1.97. The van der Waals surface area contributed by atoms with Gasteiger partial charge in [-0.05, 0) is 46.1 Å². The van der Waals surface area contributed by atoms with E-state index in [1.165, 1.54) is 43.4 Å². The smallest absolute Gasteiger partial charge is 0.262 e. The van der Waals surface area contributed by atoms with E-state index in [0.717, 1.165) is 9.35 Å². The van der Waals surface area contributed by atoms with Crippen LogP contribution in [0.5, 0.6) is 0 Å². The SMILES string of the molecule is NCC(NC(=O)c1sccc1Br)C1CCCCC1. The molecule has 1 aliphatic carbocycles. The Morgan fingerprint density at radius 1 is 1.50 bits per heavy atom. The Kier molecular flexibility index (Phi) is 5.21. The van der Waals surface area contributed by atoms with Crippen LogP contribution in [0.1, 0.15) is 41.8 Å². The molecule has 2 rings (SSSR count). The third-order valence-electron chi connectivity index (χ3n) is 3.61. The zero-order valence-corrected chi connectivity index (χ0v) is 12.7. The fourth-order valence-electron chi connectivity index (χ4n) is 2.60. The molecular weight excluding hydrogens is 312 g/mol. The molecule has 1 heterocycles. The summed E-state index contributed by atoms with van der Waals surface area (Å²) >= 11 is 4.85. The molecule has 0 bridgehead atoms. The second-order valence-corrected chi connectivity index (χ2v) is 6.58. The Morgan fingerprint density at radius 3 is 2.78 bits per heavy atom. The quantitative estimate of drug-likeness (QED) is 0.890. The van der Waals surface area contributed by atoms with Gasteiger partial charge in [0.1, 0.15) is 4.88 Å². The summed E-state index contributed by atoms with van der Waals surface area (Å²) in [7, 11) is 0. The lowest BCUT2D eigenvalue weighted by atomic mass is 9.84. The molecule has 5 heteroatoms. The number of nitrogens with two attached hydrogens (primary N) is 1. The highest BCUT2D eigenvalue weighted by Crippen LogP contribution is 2.27. The molecule has 100 valence electrons. The van der Waals surface area contributed by atoms with E-state index in [1.54, 1.807) is 0 Å². The van der Waals surface area contributed by atoms with E-state index in [9.17, 15) is 4.79 Å². The summed E-state index contributed by atoms with van der Waals surface area (Å²) in [6, 6.07) is 2.02. The van der Waals surface area contributed by atoms with Gasteiger partial charge in [0, 0.05) is 17.1 Å². The van der Waals surface area contributed by atoms with Gasteiger partial charge in [-0.25, -0.2) is 0 Å². The summed E-state index contributed by atoms with van der Waals surface area (Å²) in [5, 5.41) is 5.01. The monoisotopic (exact) mass is 330 g/mol. The van der Waals surface area contributed by atoms with Crippen molar-refractivity contribution in [2.75, 3.05) is 6.54 Å². The number of hydrogen-bond acceptors (Lipinski definition) is 3. The average Bonchev–Trinajstić information content (AvgIpc) is 2.83. The second-order valence-electron chi connectivity index (χ2n) is 4.81. The van der Waals surface area contributed by atoms with E-state index in [2.05, 4.69) is 21.2 Å². The van der Waals surface area contributed by atoms with E-state index < -0.39 is 0 Å². The van der Waals surface area contributed by atoms with Crippen molar-refractivity contribution in [3.8, 4) is 0 Å². The first-order valence-electron chi connectivity index (χ1n) is 6.46. The van der Waals surface area contributed by atoms with Crippen LogP contribution in [0.4, 0.5) is 0 Å². The minimum atomic E-state index is -0.00195. The number of thiophene rings is 1. The van der Waals surface area contributed by atoms with Crippen molar-refractivity contribution in [3.05, 3.63) is 20.8 Å². The molecule has 0 aliphatic heterocycles. The molecule has 1 fully saturated rings. The lowest BCUT2D eigenvalue weighted by molar-refractivity contribution is 0.0919. The molecule has 0 radical (unpaired) electrons. The molecule has 18 heavy (non-hydrogen) atoms. The van der Waals surface area contributed by atoms with Crippen LogP contribution in [0, 0.1) is 5.92 Å². The number of hydrogen-bond donors (Lipinski definition) is 2. The Hall–Kier alpha value is -0.390. The van der Waals surface area contributed by atoms with Crippen molar-refractivity contribution >= 4 is 33.2 Å². The Labute approximate surface area is 120 Å². The first-order valence-corrected chi connectivity index (χ1v) is 8.13. The first-order chi connectivity index (χ1) is 8.72. The number of halogens is 1. The normalized spacial score (nSPS) is 18.6. The van der Waals surface area contributed by atoms with Crippen molar-refractivity contribution in [2.24, 2.45) is 11.7 Å². The maximum Gasteiger partial charge on any atom is 0.262 e. The molecule has 1 aromatic rings. The minimum Gasteiger partial charge on any atom is -0.347 e. The number of amides is 1. The lowest BCUT2D eigenvalue weighted by Gasteiger charge is -2.30. The molecule has 1 aliphatic rings. The van der Waals surface area contributed by atoms with Gasteiger partial charge < -0.3 is 11.1 Å². The number of rotatable bonds is 4. The van der Waals surface area contributed by atoms with Crippen LogP contribution in [-0.2, 0) is 0 Å². The number of carbonyl (C=O) groups is 1. The van der Waals surface area contributed by atoms with Crippen molar-refractivity contribution in [1.82, 2.24) is 5.32 Å². The van der Waals surface area contributed by atoms with E-state index in [-0.39, 0.29) is 11.9 Å². The van der Waals surface area contributed by atoms with E-state index in [0.29, 0.717) is 12.5 Å². The van der Waals surface area contributed by atoms with Crippen molar-refractivity contribution in [2.45, 2.75) is 38.1 Å². The topological polar surface area (TPSA) is 55.1 Å². The van der Waals surface area contributed by atoms with Gasteiger partial charge in [-0.2, -0.15) is 0 Å². The van der Waals surface area contributed by atoms with Gasteiger partial charge in [0.2, 0.25) is 0 Å². The third-order valence-corrected chi connectivity index (χ3v) is 5.45. The van der Waals surface area contributed by atoms with Crippen molar-refractivity contribution in [1.29, 1.82) is 0 Å². The van der Waals surface area contributed by atoms with Gasteiger partial charge in [0.05, 0.1) is 0 Å². The summed E-state index contributed by atoms with van der Waals surface area (Å²) in [6.45, 7) is 0.527.